The number of rotatable bonds is 6. The highest BCUT2D eigenvalue weighted by molar-refractivity contribution is 4.82. The first-order chi connectivity index (χ1) is 7.29. The van der Waals surface area contributed by atoms with Gasteiger partial charge in [0.15, 0.2) is 0 Å². The minimum Gasteiger partial charge on any atom is -0.391 e. The Labute approximate surface area is 93.4 Å². The number of hydrogen-bond donors (Lipinski definition) is 1. The number of likely N-dealkylation sites (N-methyl/N-ethyl adjacent to an activating group) is 1. The molecule has 1 aliphatic rings. The fourth-order valence-electron chi connectivity index (χ4n) is 2.40. The predicted octanol–water partition coefficient (Wildman–Crippen LogP) is 1.65. The third kappa shape index (κ3) is 4.09. The highest BCUT2D eigenvalue weighted by Gasteiger charge is 2.27. The zero-order valence-electron chi connectivity index (χ0n) is 10.1. The molecule has 0 heterocycles. The lowest BCUT2D eigenvalue weighted by Crippen LogP contribution is -2.46. The van der Waals surface area contributed by atoms with Crippen LogP contribution in [0.1, 0.15) is 39.5 Å². The summed E-state index contributed by atoms with van der Waals surface area (Å²) < 4.78 is 5.37. The van der Waals surface area contributed by atoms with Gasteiger partial charge in [0.1, 0.15) is 0 Å². The second-order valence-electron chi connectivity index (χ2n) is 4.24. The van der Waals surface area contributed by atoms with Gasteiger partial charge < -0.3 is 9.84 Å². The zero-order chi connectivity index (χ0) is 11.1. The molecule has 0 aromatic rings. The van der Waals surface area contributed by atoms with Crippen molar-refractivity contribution in [2.45, 2.75) is 51.7 Å². The van der Waals surface area contributed by atoms with Crippen molar-refractivity contribution in [2.75, 3.05) is 26.3 Å². The van der Waals surface area contributed by atoms with Gasteiger partial charge in [0.05, 0.1) is 12.7 Å². The molecule has 0 aromatic heterocycles. The molecular weight excluding hydrogens is 190 g/mol. The molecule has 0 radical (unpaired) electrons. The van der Waals surface area contributed by atoms with E-state index in [1.807, 2.05) is 6.92 Å². The normalized spacial score (nSPS) is 27.2. The third-order valence-electron chi connectivity index (χ3n) is 3.30. The quantitative estimate of drug-likeness (QED) is 0.684. The molecule has 0 spiro atoms. The van der Waals surface area contributed by atoms with Crippen LogP contribution >= 0.6 is 0 Å². The highest BCUT2D eigenvalue weighted by atomic mass is 16.5. The number of nitrogens with zero attached hydrogens (tertiary/aromatic N) is 1. The SMILES string of the molecule is CCOCCN(CC)[C@H]1CCCC[C@@H]1O. The molecule has 0 amide bonds. The van der Waals surface area contributed by atoms with Crippen LogP contribution in [0.2, 0.25) is 0 Å². The molecule has 0 aliphatic heterocycles. The smallest absolute Gasteiger partial charge is 0.0695 e. The predicted molar refractivity (Wildman–Crippen MR) is 62.0 cm³/mol. The molecule has 1 N–H and O–H groups in total. The molecule has 0 aromatic carbocycles. The highest BCUT2D eigenvalue weighted by Crippen LogP contribution is 2.22. The summed E-state index contributed by atoms with van der Waals surface area (Å²) in [5.41, 5.74) is 0. The lowest BCUT2D eigenvalue weighted by atomic mass is 9.91. The van der Waals surface area contributed by atoms with Crippen molar-refractivity contribution in [3.8, 4) is 0 Å². The van der Waals surface area contributed by atoms with E-state index in [0.717, 1.165) is 39.1 Å². The molecule has 90 valence electrons. The minimum absolute atomic E-state index is 0.125. The molecule has 0 saturated heterocycles. The van der Waals surface area contributed by atoms with Gasteiger partial charge in [-0.1, -0.05) is 19.8 Å². The number of ether oxygens (including phenoxy) is 1. The maximum absolute atomic E-state index is 9.94. The van der Waals surface area contributed by atoms with E-state index < -0.39 is 0 Å². The van der Waals surface area contributed by atoms with Gasteiger partial charge in [-0.3, -0.25) is 4.90 Å². The van der Waals surface area contributed by atoms with Gasteiger partial charge in [0.25, 0.3) is 0 Å². The Morgan fingerprint density at radius 1 is 1.27 bits per heavy atom. The van der Waals surface area contributed by atoms with Crippen LogP contribution in [-0.2, 0) is 4.74 Å². The van der Waals surface area contributed by atoms with E-state index in [1.165, 1.54) is 12.8 Å². The molecule has 3 heteroatoms. The summed E-state index contributed by atoms with van der Waals surface area (Å²) in [5.74, 6) is 0. The molecule has 15 heavy (non-hydrogen) atoms. The van der Waals surface area contributed by atoms with E-state index >= 15 is 0 Å². The Bertz CT molecular complexity index is 164. The fourth-order valence-corrected chi connectivity index (χ4v) is 2.40. The van der Waals surface area contributed by atoms with Crippen molar-refractivity contribution in [1.29, 1.82) is 0 Å². The molecular formula is C12H25NO2. The Balaban J connectivity index is 2.34. The van der Waals surface area contributed by atoms with Crippen LogP contribution in [0.5, 0.6) is 0 Å². The molecule has 1 fully saturated rings. The van der Waals surface area contributed by atoms with Crippen molar-refractivity contribution in [3.63, 3.8) is 0 Å². The van der Waals surface area contributed by atoms with Crippen molar-refractivity contribution in [3.05, 3.63) is 0 Å². The molecule has 1 saturated carbocycles. The Morgan fingerprint density at radius 2 is 2.00 bits per heavy atom. The van der Waals surface area contributed by atoms with E-state index in [4.69, 9.17) is 4.74 Å². The summed E-state index contributed by atoms with van der Waals surface area (Å²) >= 11 is 0. The second-order valence-corrected chi connectivity index (χ2v) is 4.24. The van der Waals surface area contributed by atoms with Gasteiger partial charge in [-0.15, -0.1) is 0 Å². The van der Waals surface area contributed by atoms with Crippen LogP contribution in [-0.4, -0.2) is 48.5 Å². The molecule has 0 bridgehead atoms. The maximum atomic E-state index is 9.94. The maximum Gasteiger partial charge on any atom is 0.0695 e. The van der Waals surface area contributed by atoms with Gasteiger partial charge in [-0.2, -0.15) is 0 Å². The first-order valence-corrected chi connectivity index (χ1v) is 6.29. The van der Waals surface area contributed by atoms with Gasteiger partial charge >= 0.3 is 0 Å². The van der Waals surface area contributed by atoms with E-state index in [1.54, 1.807) is 0 Å². The van der Waals surface area contributed by atoms with Crippen molar-refractivity contribution in [2.24, 2.45) is 0 Å². The van der Waals surface area contributed by atoms with Crippen LogP contribution in [0.15, 0.2) is 0 Å². The van der Waals surface area contributed by atoms with Crippen LogP contribution in [0.4, 0.5) is 0 Å². The lowest BCUT2D eigenvalue weighted by Gasteiger charge is -2.37. The van der Waals surface area contributed by atoms with Gasteiger partial charge in [-0.25, -0.2) is 0 Å². The molecule has 1 aliphatic carbocycles. The summed E-state index contributed by atoms with van der Waals surface area (Å²) in [6.07, 6.45) is 4.42. The van der Waals surface area contributed by atoms with Crippen molar-refractivity contribution >= 4 is 0 Å². The molecule has 0 unspecified atom stereocenters. The van der Waals surface area contributed by atoms with Crippen molar-refractivity contribution < 1.29 is 9.84 Å². The van der Waals surface area contributed by atoms with E-state index in [0.29, 0.717) is 6.04 Å². The fraction of sp³-hybridized carbons (Fsp3) is 1.00. The Hall–Kier alpha value is -0.120. The van der Waals surface area contributed by atoms with E-state index in [2.05, 4.69) is 11.8 Å². The summed E-state index contributed by atoms with van der Waals surface area (Å²) in [6.45, 7) is 7.71. The summed E-state index contributed by atoms with van der Waals surface area (Å²) in [5, 5.41) is 9.94. The summed E-state index contributed by atoms with van der Waals surface area (Å²) in [6, 6.07) is 0.365. The standard InChI is InChI=1S/C12H25NO2/c1-3-13(9-10-15-4-2)11-7-5-6-8-12(11)14/h11-12,14H,3-10H2,1-2H3/t11-,12-/m0/s1. The average molecular weight is 215 g/mol. The summed E-state index contributed by atoms with van der Waals surface area (Å²) in [4.78, 5) is 2.36. The average Bonchev–Trinajstić information content (AvgIpc) is 2.26. The second kappa shape index (κ2) is 7.20. The first-order valence-electron chi connectivity index (χ1n) is 6.29. The van der Waals surface area contributed by atoms with Crippen LogP contribution in [0, 0.1) is 0 Å². The molecule has 3 nitrogen and oxygen atoms in total. The minimum atomic E-state index is -0.125. The summed E-state index contributed by atoms with van der Waals surface area (Å²) in [7, 11) is 0. The monoisotopic (exact) mass is 215 g/mol. The van der Waals surface area contributed by atoms with Crippen LogP contribution in [0.25, 0.3) is 0 Å². The van der Waals surface area contributed by atoms with Crippen LogP contribution in [0.3, 0.4) is 0 Å². The van der Waals surface area contributed by atoms with Gasteiger partial charge in [0, 0.05) is 19.2 Å². The number of aliphatic hydroxyl groups is 1. The number of aliphatic hydroxyl groups excluding tert-OH is 1. The zero-order valence-corrected chi connectivity index (χ0v) is 10.1. The lowest BCUT2D eigenvalue weighted by molar-refractivity contribution is 0.00776. The van der Waals surface area contributed by atoms with Gasteiger partial charge in [-0.05, 0) is 26.3 Å². The number of hydrogen-bond acceptors (Lipinski definition) is 3. The largest absolute Gasteiger partial charge is 0.391 e. The van der Waals surface area contributed by atoms with E-state index in [-0.39, 0.29) is 6.10 Å². The van der Waals surface area contributed by atoms with Gasteiger partial charge in [0.2, 0.25) is 0 Å². The Morgan fingerprint density at radius 3 is 2.60 bits per heavy atom. The van der Waals surface area contributed by atoms with E-state index in [9.17, 15) is 5.11 Å². The molecule has 2 atom stereocenters. The first kappa shape index (κ1) is 12.9. The van der Waals surface area contributed by atoms with Crippen molar-refractivity contribution in [1.82, 2.24) is 4.90 Å². The Kier molecular flexibility index (Phi) is 6.22. The van der Waals surface area contributed by atoms with Crippen LogP contribution < -0.4 is 0 Å². The third-order valence-corrected chi connectivity index (χ3v) is 3.30. The molecule has 1 rings (SSSR count). The topological polar surface area (TPSA) is 32.7 Å².